The predicted octanol–water partition coefficient (Wildman–Crippen LogP) is 4.35. The quantitative estimate of drug-likeness (QED) is 0.352. The van der Waals surface area contributed by atoms with E-state index < -0.39 is 5.92 Å². The summed E-state index contributed by atoms with van der Waals surface area (Å²) in [5.41, 5.74) is 3.49. The van der Waals surface area contributed by atoms with Gasteiger partial charge < -0.3 is 5.11 Å². The molecule has 2 fully saturated rings. The van der Waals surface area contributed by atoms with Crippen LogP contribution in [0.15, 0.2) is 42.2 Å². The summed E-state index contributed by atoms with van der Waals surface area (Å²) in [6, 6.07) is 7.23. The molecule has 2 aliphatic carbocycles. The second-order valence-electron chi connectivity index (χ2n) is 7.82. The fourth-order valence-electron chi connectivity index (χ4n) is 3.73. The van der Waals surface area contributed by atoms with Gasteiger partial charge in [-0.2, -0.15) is 0 Å². The van der Waals surface area contributed by atoms with Gasteiger partial charge in [0, 0.05) is 30.8 Å². The van der Waals surface area contributed by atoms with Gasteiger partial charge in [-0.15, -0.1) is 0 Å². The molecule has 2 aromatic rings. The Bertz CT molecular complexity index is 1010. The Morgan fingerprint density at radius 2 is 1.57 bits per heavy atom. The van der Waals surface area contributed by atoms with E-state index in [9.17, 15) is 19.5 Å². The third-order valence-electron chi connectivity index (χ3n) is 5.40. The van der Waals surface area contributed by atoms with Crippen molar-refractivity contribution >= 4 is 23.1 Å². The Morgan fingerprint density at radius 3 is 2.10 bits per heavy atom. The molecule has 0 aliphatic heterocycles. The lowest BCUT2D eigenvalue weighted by Crippen LogP contribution is -2.19. The summed E-state index contributed by atoms with van der Waals surface area (Å²) >= 11 is 0. The lowest BCUT2D eigenvalue weighted by Gasteiger charge is -2.06. The average Bonchev–Trinajstić information content (AvgIpc) is 3.35. The Balaban J connectivity index is 0.000000171. The van der Waals surface area contributed by atoms with Crippen LogP contribution in [0.25, 0.3) is 5.76 Å². The van der Waals surface area contributed by atoms with Crippen molar-refractivity contribution in [2.45, 2.75) is 52.4 Å². The molecule has 0 aromatic carbocycles. The van der Waals surface area contributed by atoms with E-state index in [1.54, 1.807) is 24.5 Å². The van der Waals surface area contributed by atoms with Gasteiger partial charge in [0.05, 0.1) is 5.92 Å². The molecular formula is C24H26N2O4. The first-order chi connectivity index (χ1) is 14.4. The number of Topliss-reactive ketones (excluding diaryl/α,β-unsaturated/α-hetero) is 3. The standard InChI is InChI=1S/2C12H13NO2/c2*1-8-5-6-13-10(7-8)12(15)9-3-2-4-11(9)14/h5-7,15H,2-4H2,1H3;5-7,9H,2-4H2,1H3/b12-9-;. The number of carbonyl (C=O) groups is 3. The van der Waals surface area contributed by atoms with Crippen molar-refractivity contribution < 1.29 is 19.5 Å². The molecule has 4 rings (SSSR count). The van der Waals surface area contributed by atoms with Crippen LogP contribution in [-0.2, 0) is 9.59 Å². The van der Waals surface area contributed by atoms with E-state index in [2.05, 4.69) is 9.97 Å². The number of hydrogen-bond donors (Lipinski definition) is 1. The Hall–Kier alpha value is -3.15. The molecule has 2 aliphatic rings. The van der Waals surface area contributed by atoms with Gasteiger partial charge in [-0.25, -0.2) is 0 Å². The number of allylic oxidation sites excluding steroid dienone is 1. The monoisotopic (exact) mass is 406 g/mol. The van der Waals surface area contributed by atoms with Crippen LogP contribution in [0.4, 0.5) is 0 Å². The van der Waals surface area contributed by atoms with Crippen LogP contribution < -0.4 is 0 Å². The Labute approximate surface area is 176 Å². The fraction of sp³-hybridized carbons (Fsp3) is 0.375. The van der Waals surface area contributed by atoms with E-state index in [1.807, 2.05) is 26.0 Å². The Kier molecular flexibility index (Phi) is 6.87. The molecule has 1 atom stereocenters. The van der Waals surface area contributed by atoms with Crippen LogP contribution >= 0.6 is 0 Å². The largest absolute Gasteiger partial charge is 0.505 e. The molecule has 1 unspecified atom stereocenters. The first kappa shape index (κ1) is 21.6. The van der Waals surface area contributed by atoms with E-state index in [0.717, 1.165) is 24.0 Å². The lowest BCUT2D eigenvalue weighted by atomic mass is 9.98. The molecule has 2 saturated carbocycles. The molecule has 0 saturated heterocycles. The number of aliphatic hydroxyl groups excluding tert-OH is 1. The van der Waals surface area contributed by atoms with Crippen LogP contribution in [0.3, 0.4) is 0 Å². The number of pyridine rings is 2. The summed E-state index contributed by atoms with van der Waals surface area (Å²) < 4.78 is 0. The third kappa shape index (κ3) is 5.06. The van der Waals surface area contributed by atoms with Gasteiger partial charge in [0.1, 0.15) is 22.9 Å². The molecule has 0 radical (unpaired) electrons. The minimum absolute atomic E-state index is 0.0517. The zero-order valence-corrected chi connectivity index (χ0v) is 17.4. The van der Waals surface area contributed by atoms with Crippen LogP contribution in [0.5, 0.6) is 0 Å². The highest BCUT2D eigenvalue weighted by molar-refractivity contribution is 6.10. The summed E-state index contributed by atoms with van der Waals surface area (Å²) in [5.74, 6) is -0.360. The third-order valence-corrected chi connectivity index (χ3v) is 5.40. The predicted molar refractivity (Wildman–Crippen MR) is 113 cm³/mol. The van der Waals surface area contributed by atoms with Crippen molar-refractivity contribution in [2.24, 2.45) is 5.92 Å². The highest BCUT2D eigenvalue weighted by Crippen LogP contribution is 2.27. The van der Waals surface area contributed by atoms with E-state index in [1.165, 1.54) is 0 Å². The number of hydrogen-bond acceptors (Lipinski definition) is 6. The molecular weight excluding hydrogens is 380 g/mol. The van der Waals surface area contributed by atoms with Crippen molar-refractivity contribution in [1.82, 2.24) is 9.97 Å². The van der Waals surface area contributed by atoms with Crippen LogP contribution in [0, 0.1) is 19.8 Å². The molecule has 2 aromatic heterocycles. The maximum atomic E-state index is 11.9. The van der Waals surface area contributed by atoms with Gasteiger partial charge in [-0.1, -0.05) is 0 Å². The van der Waals surface area contributed by atoms with Crippen LogP contribution in [-0.4, -0.2) is 32.4 Å². The molecule has 0 spiro atoms. The number of aromatic nitrogens is 2. The molecule has 0 amide bonds. The van der Waals surface area contributed by atoms with Crippen LogP contribution in [0.1, 0.15) is 65.8 Å². The number of rotatable bonds is 3. The second kappa shape index (κ2) is 9.57. The summed E-state index contributed by atoms with van der Waals surface area (Å²) in [6.45, 7) is 3.84. The van der Waals surface area contributed by atoms with Crippen molar-refractivity contribution in [3.63, 3.8) is 0 Å². The second-order valence-corrected chi connectivity index (χ2v) is 7.82. The SMILES string of the molecule is Cc1ccnc(/C(O)=C2\CCCC2=O)c1.Cc1ccnc(C(=O)C2CCCC2=O)c1. The zero-order chi connectivity index (χ0) is 21.7. The molecule has 30 heavy (non-hydrogen) atoms. The molecule has 1 N–H and O–H groups in total. The molecule has 6 nitrogen and oxygen atoms in total. The normalized spacial score (nSPS) is 20.0. The molecule has 6 heteroatoms. The maximum absolute atomic E-state index is 11.9. The number of aliphatic hydroxyl groups is 1. The summed E-state index contributed by atoms with van der Waals surface area (Å²) in [4.78, 5) is 42.9. The first-order valence-electron chi connectivity index (χ1n) is 10.2. The average molecular weight is 406 g/mol. The first-order valence-corrected chi connectivity index (χ1v) is 10.2. The van der Waals surface area contributed by atoms with Crippen molar-refractivity contribution in [2.75, 3.05) is 0 Å². The van der Waals surface area contributed by atoms with Crippen LogP contribution in [0.2, 0.25) is 0 Å². The van der Waals surface area contributed by atoms with E-state index >= 15 is 0 Å². The minimum atomic E-state index is -0.431. The highest BCUT2D eigenvalue weighted by Gasteiger charge is 2.32. The van der Waals surface area contributed by atoms with Gasteiger partial charge in [-0.3, -0.25) is 24.4 Å². The minimum Gasteiger partial charge on any atom is -0.505 e. The Morgan fingerprint density at radius 1 is 0.933 bits per heavy atom. The summed E-state index contributed by atoms with van der Waals surface area (Å²) in [7, 11) is 0. The number of ketones is 3. The molecule has 2 heterocycles. The smallest absolute Gasteiger partial charge is 0.191 e. The van der Waals surface area contributed by atoms with E-state index in [4.69, 9.17) is 0 Å². The van der Waals surface area contributed by atoms with Gasteiger partial charge in [0.15, 0.2) is 11.6 Å². The molecule has 156 valence electrons. The summed E-state index contributed by atoms with van der Waals surface area (Å²) in [6.07, 6.45) is 7.37. The van der Waals surface area contributed by atoms with Crippen molar-refractivity contribution in [3.05, 3.63) is 64.7 Å². The topological polar surface area (TPSA) is 97.2 Å². The van der Waals surface area contributed by atoms with Gasteiger partial charge in [0.25, 0.3) is 0 Å². The number of aryl methyl sites for hydroxylation is 2. The number of nitrogens with zero attached hydrogens (tertiary/aromatic N) is 2. The molecule has 0 bridgehead atoms. The highest BCUT2D eigenvalue weighted by atomic mass is 16.3. The van der Waals surface area contributed by atoms with Crippen molar-refractivity contribution in [3.8, 4) is 0 Å². The fourth-order valence-corrected chi connectivity index (χ4v) is 3.73. The van der Waals surface area contributed by atoms with Gasteiger partial charge in [0.2, 0.25) is 0 Å². The van der Waals surface area contributed by atoms with Gasteiger partial charge in [-0.05, 0) is 74.9 Å². The van der Waals surface area contributed by atoms with Crippen molar-refractivity contribution in [1.29, 1.82) is 0 Å². The van der Waals surface area contributed by atoms with Gasteiger partial charge >= 0.3 is 0 Å². The van der Waals surface area contributed by atoms with E-state index in [0.29, 0.717) is 42.6 Å². The van der Waals surface area contributed by atoms with E-state index in [-0.39, 0.29) is 23.1 Å². The maximum Gasteiger partial charge on any atom is 0.191 e. The lowest BCUT2D eigenvalue weighted by molar-refractivity contribution is -0.119. The summed E-state index contributed by atoms with van der Waals surface area (Å²) in [5, 5.41) is 9.91. The zero-order valence-electron chi connectivity index (χ0n) is 17.4. The number of carbonyl (C=O) groups excluding carboxylic acids is 3.